The van der Waals surface area contributed by atoms with Crippen molar-refractivity contribution in [1.82, 2.24) is 10.2 Å². The minimum atomic E-state index is -0.211. The van der Waals surface area contributed by atoms with Gasteiger partial charge in [0.05, 0.1) is 6.04 Å². The largest absolute Gasteiger partial charge is 0.406 e. The number of anilines is 1. The van der Waals surface area contributed by atoms with Crippen LogP contribution in [0.2, 0.25) is 0 Å². The minimum absolute atomic E-state index is 0.211. The molecular formula is C9H18N4OS. The summed E-state index contributed by atoms with van der Waals surface area (Å²) >= 11 is 1.83. The third kappa shape index (κ3) is 4.09. The first-order chi connectivity index (χ1) is 7.13. The summed E-state index contributed by atoms with van der Waals surface area (Å²) in [6.07, 6.45) is 2.09. The maximum atomic E-state index is 5.60. The fourth-order valence-corrected chi connectivity index (χ4v) is 1.78. The zero-order valence-electron chi connectivity index (χ0n) is 9.36. The van der Waals surface area contributed by atoms with Gasteiger partial charge >= 0.3 is 6.01 Å². The van der Waals surface area contributed by atoms with Crippen molar-refractivity contribution in [3.63, 3.8) is 0 Å². The third-order valence-corrected chi connectivity index (χ3v) is 2.79. The number of nitrogens with one attached hydrogen (secondary N) is 1. The smallest absolute Gasteiger partial charge is 0.315 e. The number of rotatable bonds is 6. The van der Waals surface area contributed by atoms with Gasteiger partial charge in [-0.25, -0.2) is 0 Å². The number of nitrogens with zero attached hydrogens (tertiary/aromatic N) is 2. The van der Waals surface area contributed by atoms with Gasteiger partial charge in [-0.2, -0.15) is 11.8 Å². The molecule has 1 heterocycles. The summed E-state index contributed by atoms with van der Waals surface area (Å²) in [5.41, 5.74) is 5.60. The molecule has 15 heavy (non-hydrogen) atoms. The Balaban J connectivity index is 2.37. The molecule has 0 amide bonds. The quantitative estimate of drug-likeness (QED) is 0.771. The molecule has 0 spiro atoms. The van der Waals surface area contributed by atoms with Crippen LogP contribution in [0.4, 0.5) is 6.01 Å². The summed E-state index contributed by atoms with van der Waals surface area (Å²) in [6.45, 7) is 4.82. The van der Waals surface area contributed by atoms with Gasteiger partial charge in [-0.05, 0) is 24.9 Å². The monoisotopic (exact) mass is 230 g/mol. The van der Waals surface area contributed by atoms with Crippen LogP contribution in [0.3, 0.4) is 0 Å². The Morgan fingerprint density at radius 3 is 2.73 bits per heavy atom. The number of hydrogen-bond acceptors (Lipinski definition) is 6. The summed E-state index contributed by atoms with van der Waals surface area (Å²) < 4.78 is 5.31. The molecule has 0 aromatic carbocycles. The fraction of sp³-hybridized carbons (Fsp3) is 0.778. The van der Waals surface area contributed by atoms with Crippen LogP contribution in [-0.2, 0) is 0 Å². The molecule has 0 aliphatic rings. The van der Waals surface area contributed by atoms with Crippen molar-refractivity contribution in [2.24, 2.45) is 11.7 Å². The van der Waals surface area contributed by atoms with Crippen LogP contribution in [0.25, 0.3) is 0 Å². The second kappa shape index (κ2) is 5.97. The average Bonchev–Trinajstić information content (AvgIpc) is 2.63. The molecule has 2 unspecified atom stereocenters. The van der Waals surface area contributed by atoms with E-state index in [1.165, 1.54) is 0 Å². The first-order valence-corrected chi connectivity index (χ1v) is 6.34. The molecule has 6 heteroatoms. The number of aromatic nitrogens is 2. The van der Waals surface area contributed by atoms with Crippen LogP contribution in [0.15, 0.2) is 4.42 Å². The number of hydrogen-bond donors (Lipinski definition) is 2. The van der Waals surface area contributed by atoms with Crippen LogP contribution < -0.4 is 11.1 Å². The van der Waals surface area contributed by atoms with Crippen LogP contribution in [0, 0.1) is 5.92 Å². The van der Waals surface area contributed by atoms with Gasteiger partial charge in [0, 0.05) is 6.54 Å². The molecule has 0 aliphatic heterocycles. The van der Waals surface area contributed by atoms with Crippen molar-refractivity contribution in [2.75, 3.05) is 23.9 Å². The lowest BCUT2D eigenvalue weighted by Crippen LogP contribution is -2.13. The van der Waals surface area contributed by atoms with Crippen molar-refractivity contribution in [3.05, 3.63) is 5.89 Å². The van der Waals surface area contributed by atoms with E-state index < -0.39 is 0 Å². The number of thioether (sulfide) groups is 1. The lowest BCUT2D eigenvalue weighted by Gasteiger charge is -2.08. The predicted molar refractivity (Wildman–Crippen MR) is 62.9 cm³/mol. The van der Waals surface area contributed by atoms with E-state index in [1.54, 1.807) is 0 Å². The third-order valence-electron chi connectivity index (χ3n) is 1.88. The predicted octanol–water partition coefficient (Wildman–Crippen LogP) is 1.50. The number of nitrogens with two attached hydrogens (primary N) is 1. The molecule has 1 rings (SSSR count). The Labute approximate surface area is 94.2 Å². The highest BCUT2D eigenvalue weighted by molar-refractivity contribution is 7.98. The lowest BCUT2D eigenvalue weighted by molar-refractivity contribution is 0.470. The molecule has 3 N–H and O–H groups in total. The van der Waals surface area contributed by atoms with E-state index in [0.29, 0.717) is 17.8 Å². The van der Waals surface area contributed by atoms with Crippen molar-refractivity contribution in [2.45, 2.75) is 19.9 Å². The molecule has 0 bridgehead atoms. The van der Waals surface area contributed by atoms with E-state index >= 15 is 0 Å². The van der Waals surface area contributed by atoms with E-state index in [-0.39, 0.29) is 6.04 Å². The van der Waals surface area contributed by atoms with Gasteiger partial charge in [0.1, 0.15) is 0 Å². The standard InChI is InChI=1S/C9H18N4OS/c1-6(5-15-3)4-11-9-13-12-8(14-9)7(2)10/h6-7H,4-5,10H2,1-3H3,(H,11,13). The SMILES string of the molecule is CSCC(C)CNc1nnc(C(C)N)o1. The maximum absolute atomic E-state index is 5.60. The second-order valence-electron chi connectivity index (χ2n) is 3.68. The molecule has 1 aromatic heterocycles. The maximum Gasteiger partial charge on any atom is 0.315 e. The molecule has 0 radical (unpaired) electrons. The molecule has 0 aliphatic carbocycles. The van der Waals surface area contributed by atoms with Crippen LogP contribution in [0.1, 0.15) is 25.8 Å². The van der Waals surface area contributed by atoms with Gasteiger partial charge in [-0.3, -0.25) is 0 Å². The highest BCUT2D eigenvalue weighted by Crippen LogP contribution is 2.12. The molecule has 0 saturated carbocycles. The summed E-state index contributed by atoms with van der Waals surface area (Å²) in [5, 5.41) is 10.8. The van der Waals surface area contributed by atoms with Crippen LogP contribution in [-0.4, -0.2) is 28.8 Å². The van der Waals surface area contributed by atoms with Crippen LogP contribution in [0.5, 0.6) is 0 Å². The summed E-state index contributed by atoms with van der Waals surface area (Å²) in [4.78, 5) is 0. The molecule has 2 atom stereocenters. The highest BCUT2D eigenvalue weighted by Gasteiger charge is 2.10. The van der Waals surface area contributed by atoms with E-state index in [1.807, 2.05) is 18.7 Å². The molecule has 0 saturated heterocycles. The zero-order chi connectivity index (χ0) is 11.3. The first kappa shape index (κ1) is 12.3. The molecule has 0 fully saturated rings. The Hall–Kier alpha value is -0.750. The second-order valence-corrected chi connectivity index (χ2v) is 4.59. The molecule has 5 nitrogen and oxygen atoms in total. The normalized spacial score (nSPS) is 14.9. The lowest BCUT2D eigenvalue weighted by atomic mass is 10.2. The van der Waals surface area contributed by atoms with E-state index in [2.05, 4.69) is 28.7 Å². The topological polar surface area (TPSA) is 77.0 Å². The first-order valence-electron chi connectivity index (χ1n) is 4.95. The van der Waals surface area contributed by atoms with E-state index in [9.17, 15) is 0 Å². The molecular weight excluding hydrogens is 212 g/mol. The Bertz CT molecular complexity index is 289. The van der Waals surface area contributed by atoms with Gasteiger partial charge in [-0.15, -0.1) is 5.10 Å². The Kier molecular flexibility index (Phi) is 4.90. The highest BCUT2D eigenvalue weighted by atomic mass is 32.2. The zero-order valence-corrected chi connectivity index (χ0v) is 10.2. The molecule has 1 aromatic rings. The van der Waals surface area contributed by atoms with Gasteiger partial charge in [-0.1, -0.05) is 12.0 Å². The van der Waals surface area contributed by atoms with Crippen molar-refractivity contribution in [1.29, 1.82) is 0 Å². The van der Waals surface area contributed by atoms with Gasteiger partial charge in [0.2, 0.25) is 5.89 Å². The van der Waals surface area contributed by atoms with Crippen LogP contribution >= 0.6 is 11.8 Å². The minimum Gasteiger partial charge on any atom is -0.406 e. The fourth-order valence-electron chi connectivity index (χ4n) is 1.10. The Morgan fingerprint density at radius 2 is 2.20 bits per heavy atom. The average molecular weight is 230 g/mol. The van der Waals surface area contributed by atoms with Gasteiger partial charge < -0.3 is 15.5 Å². The summed E-state index contributed by atoms with van der Waals surface area (Å²) in [5.74, 6) is 2.15. The van der Waals surface area contributed by atoms with Gasteiger partial charge in [0.15, 0.2) is 0 Å². The van der Waals surface area contributed by atoms with E-state index in [4.69, 9.17) is 10.2 Å². The summed E-state index contributed by atoms with van der Waals surface area (Å²) in [6, 6.07) is 0.243. The molecule has 86 valence electrons. The van der Waals surface area contributed by atoms with E-state index in [0.717, 1.165) is 12.3 Å². The Morgan fingerprint density at radius 1 is 1.47 bits per heavy atom. The van der Waals surface area contributed by atoms with Crippen molar-refractivity contribution < 1.29 is 4.42 Å². The van der Waals surface area contributed by atoms with Gasteiger partial charge in [0.25, 0.3) is 0 Å². The van der Waals surface area contributed by atoms with Crippen molar-refractivity contribution >= 4 is 17.8 Å². The van der Waals surface area contributed by atoms with Crippen molar-refractivity contribution in [3.8, 4) is 0 Å². The summed E-state index contributed by atoms with van der Waals surface area (Å²) in [7, 11) is 0.